The van der Waals surface area contributed by atoms with Gasteiger partial charge in [0.1, 0.15) is 11.9 Å². The van der Waals surface area contributed by atoms with Crippen molar-refractivity contribution in [2.24, 2.45) is 5.92 Å². The first-order chi connectivity index (χ1) is 16.0. The molecule has 0 radical (unpaired) electrons. The van der Waals surface area contributed by atoms with E-state index in [-0.39, 0.29) is 23.8 Å². The van der Waals surface area contributed by atoms with E-state index in [9.17, 15) is 9.59 Å². The van der Waals surface area contributed by atoms with E-state index in [0.717, 1.165) is 59.1 Å². The predicted octanol–water partition coefficient (Wildman–Crippen LogP) is 2.93. The second-order valence-corrected chi connectivity index (χ2v) is 9.52. The van der Waals surface area contributed by atoms with E-state index in [1.54, 1.807) is 18.3 Å². The van der Waals surface area contributed by atoms with E-state index in [4.69, 9.17) is 9.72 Å². The molecule has 0 aliphatic carbocycles. The fraction of sp³-hybridized carbons (Fsp3) is 0.417. The molecule has 33 heavy (non-hydrogen) atoms. The van der Waals surface area contributed by atoms with Crippen LogP contribution in [-0.2, 0) is 9.59 Å². The van der Waals surface area contributed by atoms with E-state index in [0.29, 0.717) is 13.0 Å². The number of thiazole rings is 1. The number of nitrogens with one attached hydrogen (secondary N) is 1. The summed E-state index contributed by atoms with van der Waals surface area (Å²) in [5.74, 6) is 1.15. The molecule has 2 atom stereocenters. The number of benzene rings is 1. The van der Waals surface area contributed by atoms with E-state index < -0.39 is 0 Å². The Morgan fingerprint density at radius 2 is 2.03 bits per heavy atom. The average Bonchev–Trinajstić information content (AvgIpc) is 3.48. The van der Waals surface area contributed by atoms with Crippen LogP contribution in [0.4, 0.5) is 5.69 Å². The van der Waals surface area contributed by atoms with Gasteiger partial charge in [-0.1, -0.05) is 0 Å². The molecule has 2 fully saturated rings. The van der Waals surface area contributed by atoms with Crippen molar-refractivity contribution < 1.29 is 14.3 Å². The number of carbonyl (C=O) groups excluding carboxylic acids is 2. The lowest BCUT2D eigenvalue weighted by Gasteiger charge is -2.35. The van der Waals surface area contributed by atoms with Gasteiger partial charge in [0.2, 0.25) is 11.8 Å². The molecule has 0 bridgehead atoms. The zero-order valence-corrected chi connectivity index (χ0v) is 19.6. The Bertz CT molecular complexity index is 1170. The van der Waals surface area contributed by atoms with Crippen LogP contribution in [0.15, 0.2) is 36.0 Å². The first-order valence-corrected chi connectivity index (χ1v) is 12.1. The third kappa shape index (κ3) is 4.50. The van der Waals surface area contributed by atoms with Crippen LogP contribution >= 0.6 is 11.3 Å². The van der Waals surface area contributed by atoms with Crippen molar-refractivity contribution in [3.8, 4) is 17.0 Å². The maximum atomic E-state index is 11.6. The lowest BCUT2D eigenvalue weighted by Crippen LogP contribution is -2.48. The lowest BCUT2D eigenvalue weighted by molar-refractivity contribution is -0.129. The molecule has 4 heterocycles. The quantitative estimate of drug-likeness (QED) is 0.623. The molecule has 0 saturated carbocycles. The maximum Gasteiger partial charge on any atom is 0.220 e. The van der Waals surface area contributed by atoms with E-state index in [1.165, 1.54) is 0 Å². The third-order valence-corrected chi connectivity index (χ3v) is 7.37. The van der Waals surface area contributed by atoms with Gasteiger partial charge in [-0.15, -0.1) is 11.3 Å². The number of pyridine rings is 1. The number of anilines is 1. The Labute approximate surface area is 196 Å². The number of fused-ring (bicyclic) bond motifs is 1. The van der Waals surface area contributed by atoms with Crippen LogP contribution in [-0.4, -0.2) is 65.5 Å². The molecule has 5 rings (SSSR count). The molecule has 1 N–H and O–H groups in total. The second-order valence-electron chi connectivity index (χ2n) is 8.66. The summed E-state index contributed by atoms with van der Waals surface area (Å²) in [6, 6.07) is 8.16. The van der Waals surface area contributed by atoms with Crippen molar-refractivity contribution in [3.63, 3.8) is 0 Å². The molecule has 2 saturated heterocycles. The van der Waals surface area contributed by atoms with Crippen LogP contribution in [0.25, 0.3) is 21.5 Å². The minimum atomic E-state index is -0.0893. The highest BCUT2D eigenvalue weighted by molar-refractivity contribution is 7.17. The fourth-order valence-corrected chi connectivity index (χ4v) is 5.18. The van der Waals surface area contributed by atoms with Crippen molar-refractivity contribution in [2.75, 3.05) is 37.6 Å². The van der Waals surface area contributed by atoms with Crippen LogP contribution in [0.5, 0.6) is 5.75 Å². The Morgan fingerprint density at radius 1 is 1.21 bits per heavy atom. The Balaban J connectivity index is 1.35. The summed E-state index contributed by atoms with van der Waals surface area (Å²) in [4.78, 5) is 36.5. The van der Waals surface area contributed by atoms with Crippen molar-refractivity contribution in [3.05, 3.63) is 36.0 Å². The molecule has 172 valence electrons. The SMILES string of the molecule is CC(=O)N1CCN(c2ccc(-c3cc(O[C@H](C)[C@H]4CNC(=O)C4)c4scnc4c3)nc2)CC1. The lowest BCUT2D eigenvalue weighted by atomic mass is 10.0. The third-order valence-electron chi connectivity index (χ3n) is 6.52. The average molecular weight is 466 g/mol. The van der Waals surface area contributed by atoms with Gasteiger partial charge < -0.3 is 19.9 Å². The van der Waals surface area contributed by atoms with Gasteiger partial charge in [-0.25, -0.2) is 4.98 Å². The van der Waals surface area contributed by atoms with Crippen LogP contribution in [0.2, 0.25) is 0 Å². The van der Waals surface area contributed by atoms with Gasteiger partial charge in [-0.3, -0.25) is 14.6 Å². The summed E-state index contributed by atoms with van der Waals surface area (Å²) in [5.41, 5.74) is 5.56. The van der Waals surface area contributed by atoms with Crippen molar-refractivity contribution >= 4 is 39.1 Å². The zero-order valence-electron chi connectivity index (χ0n) is 18.8. The topological polar surface area (TPSA) is 87.7 Å². The number of piperazine rings is 1. The number of hydrogen-bond donors (Lipinski definition) is 1. The Morgan fingerprint density at radius 3 is 2.70 bits per heavy atom. The summed E-state index contributed by atoms with van der Waals surface area (Å²) in [6.07, 6.45) is 2.30. The predicted molar refractivity (Wildman–Crippen MR) is 129 cm³/mol. The van der Waals surface area contributed by atoms with E-state index >= 15 is 0 Å². The molecule has 2 amide bonds. The number of carbonyl (C=O) groups is 2. The smallest absolute Gasteiger partial charge is 0.220 e. The summed E-state index contributed by atoms with van der Waals surface area (Å²) in [7, 11) is 0. The van der Waals surface area contributed by atoms with Gasteiger partial charge in [0.25, 0.3) is 0 Å². The van der Waals surface area contributed by atoms with Crippen LogP contribution in [0, 0.1) is 5.92 Å². The van der Waals surface area contributed by atoms with Gasteiger partial charge in [-0.05, 0) is 31.2 Å². The number of hydrogen-bond acceptors (Lipinski definition) is 7. The molecule has 0 spiro atoms. The minimum Gasteiger partial charge on any atom is -0.489 e. The van der Waals surface area contributed by atoms with Gasteiger partial charge in [0.15, 0.2) is 0 Å². The van der Waals surface area contributed by atoms with Gasteiger partial charge in [0, 0.05) is 57.5 Å². The first-order valence-electron chi connectivity index (χ1n) is 11.3. The van der Waals surface area contributed by atoms with Crippen LogP contribution in [0.3, 0.4) is 0 Å². The molecule has 2 aromatic heterocycles. The van der Waals surface area contributed by atoms with Crippen LogP contribution < -0.4 is 15.0 Å². The van der Waals surface area contributed by atoms with Gasteiger partial charge in [0.05, 0.1) is 33.3 Å². The molecule has 1 aromatic carbocycles. The molecule has 9 heteroatoms. The Hall–Kier alpha value is -3.20. The summed E-state index contributed by atoms with van der Waals surface area (Å²) < 4.78 is 7.34. The maximum absolute atomic E-state index is 11.6. The largest absolute Gasteiger partial charge is 0.489 e. The Kier molecular flexibility index (Phi) is 5.88. The van der Waals surface area contributed by atoms with Crippen molar-refractivity contribution in [2.45, 2.75) is 26.4 Å². The minimum absolute atomic E-state index is 0.0825. The molecule has 2 aliphatic rings. The number of rotatable bonds is 5. The van der Waals surface area contributed by atoms with Crippen molar-refractivity contribution in [1.82, 2.24) is 20.2 Å². The molecule has 3 aromatic rings. The zero-order chi connectivity index (χ0) is 22.9. The number of ether oxygens (including phenoxy) is 1. The summed E-state index contributed by atoms with van der Waals surface area (Å²) >= 11 is 1.55. The standard InChI is InChI=1S/C24H27N5O3S/c1-15(18-11-23(31)26-12-18)32-22-10-17(9-21-24(22)33-14-27-21)20-4-3-19(13-25-20)29-7-5-28(6-8-29)16(2)30/h3-4,9-10,13-15,18H,5-8,11-12H2,1-2H3,(H,26,31)/t15-,18-/m1/s1. The highest BCUT2D eigenvalue weighted by Gasteiger charge is 2.28. The molecule has 0 unspecified atom stereocenters. The van der Waals surface area contributed by atoms with E-state index in [2.05, 4.69) is 21.3 Å². The van der Waals surface area contributed by atoms with Gasteiger partial charge in [-0.2, -0.15) is 0 Å². The summed E-state index contributed by atoms with van der Waals surface area (Å²) in [6.45, 7) is 7.36. The number of nitrogens with zero attached hydrogens (tertiary/aromatic N) is 4. The normalized spacial score (nSPS) is 19.6. The monoisotopic (exact) mass is 465 g/mol. The molecular weight excluding hydrogens is 438 g/mol. The van der Waals surface area contributed by atoms with Crippen molar-refractivity contribution in [1.29, 1.82) is 0 Å². The number of amides is 2. The molecular formula is C24H27N5O3S. The van der Waals surface area contributed by atoms with Gasteiger partial charge >= 0.3 is 0 Å². The highest BCUT2D eigenvalue weighted by Crippen LogP contribution is 2.36. The fourth-order valence-electron chi connectivity index (χ4n) is 4.45. The number of aromatic nitrogens is 2. The molecule has 2 aliphatic heterocycles. The molecule has 8 nitrogen and oxygen atoms in total. The highest BCUT2D eigenvalue weighted by atomic mass is 32.1. The second kappa shape index (κ2) is 8.97. The van der Waals surface area contributed by atoms with E-state index in [1.807, 2.05) is 41.7 Å². The van der Waals surface area contributed by atoms with Crippen LogP contribution in [0.1, 0.15) is 20.3 Å². The summed E-state index contributed by atoms with van der Waals surface area (Å²) in [5, 5.41) is 2.88. The first kappa shape index (κ1) is 21.6.